The van der Waals surface area contributed by atoms with Crippen LogP contribution >= 0.6 is 0 Å². The Bertz CT molecular complexity index is 513. The molecule has 1 aliphatic heterocycles. The van der Waals surface area contributed by atoms with Gasteiger partial charge in [0.25, 0.3) is 0 Å². The molecule has 1 heterocycles. The lowest BCUT2D eigenvalue weighted by molar-refractivity contribution is -0.118. The number of fused-ring (bicyclic) bond motifs is 1. The number of rotatable bonds is 7. The molecular weight excluding hydrogens is 274 g/mol. The van der Waals surface area contributed by atoms with Gasteiger partial charge in [-0.1, -0.05) is 17.7 Å². The Morgan fingerprint density at radius 1 is 1.09 bits per heavy atom. The van der Waals surface area contributed by atoms with Crippen LogP contribution in [0.2, 0.25) is 0 Å². The van der Waals surface area contributed by atoms with E-state index in [1.165, 1.54) is 11.1 Å². The molecule has 0 saturated carbocycles. The highest BCUT2D eigenvalue weighted by Crippen LogP contribution is 2.28. The molecule has 0 saturated heterocycles. The van der Waals surface area contributed by atoms with Crippen molar-refractivity contribution >= 4 is 11.6 Å². The van der Waals surface area contributed by atoms with Crippen LogP contribution in [0, 0.1) is 6.92 Å². The van der Waals surface area contributed by atoms with Gasteiger partial charge in [-0.3, -0.25) is 4.79 Å². The molecule has 0 radical (unpaired) electrons. The predicted octanol–water partition coefficient (Wildman–Crippen LogP) is 2.16. The monoisotopic (exact) mass is 303 g/mol. The number of benzene rings is 1. The first-order valence-electron chi connectivity index (χ1n) is 8.20. The van der Waals surface area contributed by atoms with Gasteiger partial charge in [0.2, 0.25) is 5.91 Å². The molecule has 0 fully saturated rings. The number of hydrogen-bond donors (Lipinski definition) is 0. The summed E-state index contributed by atoms with van der Waals surface area (Å²) in [6.07, 6.45) is 2.55. The summed E-state index contributed by atoms with van der Waals surface area (Å²) in [6.45, 7) is 6.10. The number of hydrogen-bond acceptors (Lipinski definition) is 3. The smallest absolute Gasteiger partial charge is 0.227 e. The summed E-state index contributed by atoms with van der Waals surface area (Å²) in [7, 11) is 6.34. The van der Waals surface area contributed by atoms with E-state index < -0.39 is 0 Å². The van der Waals surface area contributed by atoms with Crippen LogP contribution < -0.4 is 4.90 Å². The summed E-state index contributed by atoms with van der Waals surface area (Å²) in [5.74, 6) is 0.271. The van der Waals surface area contributed by atoms with Crippen LogP contribution in [0.1, 0.15) is 24.0 Å². The first-order chi connectivity index (χ1) is 10.5. The number of likely N-dealkylation sites (N-methyl/N-ethyl adjacent to an activating group) is 2. The van der Waals surface area contributed by atoms with Crippen molar-refractivity contribution in [2.75, 3.05) is 52.2 Å². The summed E-state index contributed by atoms with van der Waals surface area (Å²) >= 11 is 0. The maximum absolute atomic E-state index is 12.2. The van der Waals surface area contributed by atoms with Crippen LogP contribution in [-0.4, -0.2) is 63.0 Å². The van der Waals surface area contributed by atoms with Gasteiger partial charge >= 0.3 is 0 Å². The molecule has 1 aromatic carbocycles. The van der Waals surface area contributed by atoms with E-state index >= 15 is 0 Å². The number of amides is 1. The third-order valence-electron chi connectivity index (χ3n) is 4.29. The van der Waals surface area contributed by atoms with E-state index in [4.69, 9.17) is 0 Å². The highest BCUT2D eigenvalue weighted by atomic mass is 16.2. The van der Waals surface area contributed by atoms with Crippen LogP contribution in [0.15, 0.2) is 18.2 Å². The summed E-state index contributed by atoms with van der Waals surface area (Å²) < 4.78 is 0. The molecule has 1 amide bonds. The van der Waals surface area contributed by atoms with E-state index in [2.05, 4.69) is 56.1 Å². The third kappa shape index (κ3) is 4.55. The fourth-order valence-electron chi connectivity index (χ4n) is 2.92. The Morgan fingerprint density at radius 3 is 2.59 bits per heavy atom. The van der Waals surface area contributed by atoms with E-state index in [1.807, 2.05) is 4.90 Å². The molecule has 0 aliphatic carbocycles. The van der Waals surface area contributed by atoms with Crippen molar-refractivity contribution < 1.29 is 4.79 Å². The Kier molecular flexibility index (Phi) is 5.98. The highest BCUT2D eigenvalue weighted by molar-refractivity contribution is 5.96. The van der Waals surface area contributed by atoms with Crippen molar-refractivity contribution in [1.29, 1.82) is 0 Å². The predicted molar refractivity (Wildman–Crippen MR) is 92.5 cm³/mol. The van der Waals surface area contributed by atoms with Gasteiger partial charge in [0.05, 0.1) is 0 Å². The Morgan fingerprint density at radius 2 is 1.86 bits per heavy atom. The summed E-state index contributed by atoms with van der Waals surface area (Å²) in [5, 5.41) is 0. The Hall–Kier alpha value is -1.39. The van der Waals surface area contributed by atoms with E-state index in [0.717, 1.165) is 44.7 Å². The van der Waals surface area contributed by atoms with Crippen LogP contribution in [0.3, 0.4) is 0 Å². The second-order valence-electron chi connectivity index (χ2n) is 6.64. The molecule has 0 spiro atoms. The van der Waals surface area contributed by atoms with Crippen molar-refractivity contribution in [1.82, 2.24) is 9.80 Å². The minimum Gasteiger partial charge on any atom is -0.312 e. The van der Waals surface area contributed by atoms with Crippen molar-refractivity contribution in [2.45, 2.75) is 26.2 Å². The second-order valence-corrected chi connectivity index (χ2v) is 6.64. The number of carbonyl (C=O) groups excluding carboxylic acids is 1. The lowest BCUT2D eigenvalue weighted by Crippen LogP contribution is -2.37. The average molecular weight is 303 g/mol. The van der Waals surface area contributed by atoms with E-state index in [-0.39, 0.29) is 5.91 Å². The molecule has 0 aromatic heterocycles. The van der Waals surface area contributed by atoms with E-state index in [1.54, 1.807) is 0 Å². The summed E-state index contributed by atoms with van der Waals surface area (Å²) in [4.78, 5) is 18.8. The Balaban J connectivity index is 1.89. The number of aryl methyl sites for hydroxylation is 2. The minimum atomic E-state index is 0.271. The molecule has 122 valence electrons. The molecule has 1 aromatic rings. The van der Waals surface area contributed by atoms with Crippen molar-refractivity contribution in [3.63, 3.8) is 0 Å². The molecule has 0 N–H and O–H groups in total. The molecule has 0 unspecified atom stereocenters. The second kappa shape index (κ2) is 7.75. The van der Waals surface area contributed by atoms with Gasteiger partial charge in [-0.25, -0.2) is 0 Å². The lowest BCUT2D eigenvalue weighted by Gasteiger charge is -2.30. The summed E-state index contributed by atoms with van der Waals surface area (Å²) in [5.41, 5.74) is 3.72. The highest BCUT2D eigenvalue weighted by Gasteiger charge is 2.23. The topological polar surface area (TPSA) is 26.8 Å². The zero-order valence-corrected chi connectivity index (χ0v) is 14.4. The van der Waals surface area contributed by atoms with Gasteiger partial charge in [-0.2, -0.15) is 0 Å². The van der Waals surface area contributed by atoms with Gasteiger partial charge in [-0.05, 0) is 59.1 Å². The van der Waals surface area contributed by atoms with Crippen molar-refractivity contribution in [3.8, 4) is 0 Å². The van der Waals surface area contributed by atoms with E-state index in [0.29, 0.717) is 6.42 Å². The molecule has 1 aliphatic rings. The lowest BCUT2D eigenvalue weighted by atomic mass is 9.99. The molecule has 22 heavy (non-hydrogen) atoms. The van der Waals surface area contributed by atoms with Crippen LogP contribution in [0.25, 0.3) is 0 Å². The first-order valence-corrected chi connectivity index (χ1v) is 8.20. The molecular formula is C18H29N3O. The molecule has 2 rings (SSSR count). The van der Waals surface area contributed by atoms with Crippen molar-refractivity contribution in [2.24, 2.45) is 0 Å². The first kappa shape index (κ1) is 17.0. The number of anilines is 1. The maximum Gasteiger partial charge on any atom is 0.227 e. The van der Waals surface area contributed by atoms with Crippen LogP contribution in [-0.2, 0) is 11.2 Å². The van der Waals surface area contributed by atoms with Gasteiger partial charge < -0.3 is 14.7 Å². The third-order valence-corrected chi connectivity index (χ3v) is 4.29. The molecule has 0 bridgehead atoms. The molecule has 4 nitrogen and oxygen atoms in total. The largest absolute Gasteiger partial charge is 0.312 e. The Labute approximate surface area is 134 Å². The SMILES string of the molecule is Cc1ccc2c(c1)CCC(=O)N2CCCN(C)CCN(C)C. The standard InChI is InChI=1S/C18H29N3O/c1-15-6-8-17-16(14-15)7-9-18(22)21(17)11-5-10-20(4)13-12-19(2)3/h6,8,14H,5,7,9-13H2,1-4H3. The normalized spacial score (nSPS) is 14.8. The average Bonchev–Trinajstić information content (AvgIpc) is 2.47. The zero-order chi connectivity index (χ0) is 16.1. The van der Waals surface area contributed by atoms with Crippen molar-refractivity contribution in [3.05, 3.63) is 29.3 Å². The zero-order valence-electron chi connectivity index (χ0n) is 14.4. The van der Waals surface area contributed by atoms with Gasteiger partial charge in [0.15, 0.2) is 0 Å². The fourth-order valence-corrected chi connectivity index (χ4v) is 2.92. The van der Waals surface area contributed by atoms with Crippen LogP contribution in [0.4, 0.5) is 5.69 Å². The number of nitrogens with zero attached hydrogens (tertiary/aromatic N) is 3. The van der Waals surface area contributed by atoms with Gasteiger partial charge in [-0.15, -0.1) is 0 Å². The minimum absolute atomic E-state index is 0.271. The molecule has 4 heteroatoms. The van der Waals surface area contributed by atoms with E-state index in [9.17, 15) is 4.79 Å². The maximum atomic E-state index is 12.2. The quantitative estimate of drug-likeness (QED) is 0.772. The fraction of sp³-hybridized carbons (Fsp3) is 0.611. The summed E-state index contributed by atoms with van der Waals surface area (Å²) in [6, 6.07) is 6.43. The van der Waals surface area contributed by atoms with Crippen LogP contribution in [0.5, 0.6) is 0 Å². The van der Waals surface area contributed by atoms with Gasteiger partial charge in [0, 0.05) is 31.7 Å². The van der Waals surface area contributed by atoms with Gasteiger partial charge in [0.1, 0.15) is 0 Å². The number of carbonyl (C=O) groups is 1. The molecule has 0 atom stereocenters.